The van der Waals surface area contributed by atoms with E-state index in [-0.39, 0.29) is 0 Å². The van der Waals surface area contributed by atoms with Crippen LogP contribution in [0.15, 0.2) is 28.8 Å². The van der Waals surface area contributed by atoms with Crippen LogP contribution in [0.3, 0.4) is 0 Å². The minimum absolute atomic E-state index is 0.567. The Kier molecular flexibility index (Phi) is 3.34. The highest BCUT2D eigenvalue weighted by atomic mass is 16.4. The first kappa shape index (κ1) is 10.4. The number of carboxylic acid groups (broad SMARTS) is 1. The van der Waals surface area contributed by atoms with E-state index in [4.69, 9.17) is 9.52 Å². The van der Waals surface area contributed by atoms with Crippen LogP contribution in [0.25, 0.3) is 0 Å². The zero-order valence-corrected chi connectivity index (χ0v) is 8.23. The zero-order valence-electron chi connectivity index (χ0n) is 8.23. The minimum Gasteiger partial charge on any atom is -0.478 e. The molecule has 0 aromatic carbocycles. The van der Waals surface area contributed by atoms with E-state index in [9.17, 15) is 4.79 Å². The van der Waals surface area contributed by atoms with Crippen LogP contribution in [0.4, 0.5) is 0 Å². The lowest BCUT2D eigenvalue weighted by Crippen LogP contribution is -2.10. The third kappa shape index (κ3) is 3.35. The summed E-state index contributed by atoms with van der Waals surface area (Å²) in [6.07, 6.45) is 2.59. The van der Waals surface area contributed by atoms with Crippen LogP contribution in [-0.2, 0) is 11.3 Å². The van der Waals surface area contributed by atoms with Crippen molar-refractivity contribution in [2.45, 2.75) is 13.5 Å². The van der Waals surface area contributed by atoms with Gasteiger partial charge in [-0.2, -0.15) is 0 Å². The molecule has 0 unspecified atom stereocenters. The highest BCUT2D eigenvalue weighted by molar-refractivity contribution is 5.79. The van der Waals surface area contributed by atoms with Crippen LogP contribution >= 0.6 is 0 Å². The topological polar surface area (TPSA) is 53.7 Å². The highest BCUT2D eigenvalue weighted by Gasteiger charge is 2.00. The average Bonchev–Trinajstić information content (AvgIpc) is 2.48. The summed E-state index contributed by atoms with van der Waals surface area (Å²) < 4.78 is 5.34. The Labute approximate surface area is 82.4 Å². The van der Waals surface area contributed by atoms with Gasteiger partial charge in [0.05, 0.1) is 6.54 Å². The molecule has 1 rings (SSSR count). The van der Waals surface area contributed by atoms with E-state index in [0.717, 1.165) is 17.6 Å². The van der Waals surface area contributed by atoms with Crippen molar-refractivity contribution in [2.75, 3.05) is 7.05 Å². The van der Waals surface area contributed by atoms with Crippen LogP contribution in [0.1, 0.15) is 11.5 Å². The second-order valence-corrected chi connectivity index (χ2v) is 3.08. The zero-order chi connectivity index (χ0) is 10.6. The van der Waals surface area contributed by atoms with Gasteiger partial charge in [0.25, 0.3) is 0 Å². The maximum absolute atomic E-state index is 10.2. The fourth-order valence-electron chi connectivity index (χ4n) is 1.06. The van der Waals surface area contributed by atoms with E-state index in [1.54, 1.807) is 11.9 Å². The van der Waals surface area contributed by atoms with Gasteiger partial charge in [0, 0.05) is 19.3 Å². The first-order chi connectivity index (χ1) is 6.58. The predicted octanol–water partition coefficient (Wildman–Crippen LogP) is 1.62. The van der Waals surface area contributed by atoms with Crippen LogP contribution < -0.4 is 0 Å². The quantitative estimate of drug-likeness (QED) is 0.742. The predicted molar refractivity (Wildman–Crippen MR) is 51.7 cm³/mol. The van der Waals surface area contributed by atoms with Gasteiger partial charge in [0.15, 0.2) is 0 Å². The molecule has 1 aromatic heterocycles. The third-order valence-electron chi connectivity index (χ3n) is 1.67. The Bertz CT molecular complexity index is 341. The number of carboxylic acids is 1. The van der Waals surface area contributed by atoms with E-state index in [1.165, 1.54) is 6.20 Å². The van der Waals surface area contributed by atoms with E-state index in [1.807, 2.05) is 19.1 Å². The normalized spacial score (nSPS) is 10.7. The number of furan rings is 1. The molecule has 0 saturated heterocycles. The average molecular weight is 195 g/mol. The van der Waals surface area contributed by atoms with E-state index in [2.05, 4.69) is 0 Å². The molecular weight excluding hydrogens is 182 g/mol. The lowest BCUT2D eigenvalue weighted by molar-refractivity contribution is -0.131. The summed E-state index contributed by atoms with van der Waals surface area (Å²) in [6, 6.07) is 3.75. The standard InChI is InChI=1S/C10H13NO3/c1-8-3-4-9(14-8)7-11(2)6-5-10(12)13/h3-6H,7H2,1-2H3,(H,12,13). The van der Waals surface area contributed by atoms with Gasteiger partial charge in [-0.25, -0.2) is 4.79 Å². The van der Waals surface area contributed by atoms with Gasteiger partial charge in [-0.05, 0) is 19.1 Å². The number of carbonyl (C=O) groups is 1. The molecule has 4 heteroatoms. The van der Waals surface area contributed by atoms with Crippen LogP contribution in [-0.4, -0.2) is 23.0 Å². The molecule has 0 aliphatic heterocycles. The highest BCUT2D eigenvalue weighted by Crippen LogP contribution is 2.08. The summed E-state index contributed by atoms with van der Waals surface area (Å²) in [7, 11) is 1.79. The van der Waals surface area contributed by atoms with Crippen molar-refractivity contribution >= 4 is 5.97 Å². The summed E-state index contributed by atoms with van der Waals surface area (Å²) in [6.45, 7) is 2.44. The SMILES string of the molecule is Cc1ccc(CN(C)C=CC(=O)O)o1. The van der Waals surface area contributed by atoms with Crippen LogP contribution in [0.2, 0.25) is 0 Å². The molecule has 0 atom stereocenters. The molecule has 0 radical (unpaired) electrons. The summed E-state index contributed by atoms with van der Waals surface area (Å²) in [4.78, 5) is 12.0. The van der Waals surface area contributed by atoms with E-state index in [0.29, 0.717) is 6.54 Å². The molecule has 0 saturated carbocycles. The van der Waals surface area contributed by atoms with Crippen molar-refractivity contribution in [1.82, 2.24) is 4.90 Å². The summed E-state index contributed by atoms with van der Waals surface area (Å²) in [5.74, 6) is 0.725. The third-order valence-corrected chi connectivity index (χ3v) is 1.67. The Hall–Kier alpha value is -1.71. The minimum atomic E-state index is -0.951. The molecule has 0 spiro atoms. The maximum atomic E-state index is 10.2. The fraction of sp³-hybridized carbons (Fsp3) is 0.300. The summed E-state index contributed by atoms with van der Waals surface area (Å²) in [5, 5.41) is 8.40. The van der Waals surface area contributed by atoms with Gasteiger partial charge in [-0.3, -0.25) is 0 Å². The van der Waals surface area contributed by atoms with Gasteiger partial charge in [-0.1, -0.05) is 0 Å². The number of nitrogens with zero attached hydrogens (tertiary/aromatic N) is 1. The van der Waals surface area contributed by atoms with E-state index < -0.39 is 5.97 Å². The maximum Gasteiger partial charge on any atom is 0.329 e. The smallest absolute Gasteiger partial charge is 0.329 e. The van der Waals surface area contributed by atoms with Gasteiger partial charge >= 0.3 is 5.97 Å². The number of rotatable bonds is 4. The van der Waals surface area contributed by atoms with Crippen molar-refractivity contribution in [2.24, 2.45) is 0 Å². The molecule has 76 valence electrons. The molecule has 0 amide bonds. The monoisotopic (exact) mass is 195 g/mol. The van der Waals surface area contributed by atoms with Crippen molar-refractivity contribution in [3.8, 4) is 0 Å². The lowest BCUT2D eigenvalue weighted by atomic mass is 10.4. The molecule has 1 N–H and O–H groups in total. The van der Waals surface area contributed by atoms with Crippen molar-refractivity contribution in [1.29, 1.82) is 0 Å². The first-order valence-electron chi connectivity index (χ1n) is 4.24. The molecule has 1 aromatic rings. The molecule has 0 bridgehead atoms. The van der Waals surface area contributed by atoms with Gasteiger partial charge in [0.2, 0.25) is 0 Å². The Balaban J connectivity index is 2.48. The summed E-state index contributed by atoms with van der Waals surface area (Å²) in [5.41, 5.74) is 0. The molecule has 1 heterocycles. The molecule has 4 nitrogen and oxygen atoms in total. The van der Waals surface area contributed by atoms with Crippen molar-refractivity contribution in [3.63, 3.8) is 0 Å². The number of hydrogen-bond acceptors (Lipinski definition) is 3. The Morgan fingerprint density at radius 3 is 2.86 bits per heavy atom. The number of aliphatic carboxylic acids is 1. The van der Waals surface area contributed by atoms with Crippen LogP contribution in [0, 0.1) is 6.92 Å². The molecule has 0 aliphatic carbocycles. The van der Waals surface area contributed by atoms with Gasteiger partial charge < -0.3 is 14.4 Å². The van der Waals surface area contributed by atoms with Gasteiger partial charge in [-0.15, -0.1) is 0 Å². The lowest BCUT2D eigenvalue weighted by Gasteiger charge is -2.10. The molecule has 0 aliphatic rings. The largest absolute Gasteiger partial charge is 0.478 e. The Morgan fingerprint density at radius 2 is 2.36 bits per heavy atom. The van der Waals surface area contributed by atoms with E-state index >= 15 is 0 Å². The van der Waals surface area contributed by atoms with Gasteiger partial charge in [0.1, 0.15) is 11.5 Å². The van der Waals surface area contributed by atoms with Crippen LogP contribution in [0.5, 0.6) is 0 Å². The Morgan fingerprint density at radius 1 is 1.64 bits per heavy atom. The second-order valence-electron chi connectivity index (χ2n) is 3.08. The fourth-order valence-corrected chi connectivity index (χ4v) is 1.06. The molecular formula is C10H13NO3. The number of hydrogen-bond donors (Lipinski definition) is 1. The number of aryl methyl sites for hydroxylation is 1. The first-order valence-corrected chi connectivity index (χ1v) is 4.24. The second kappa shape index (κ2) is 4.50. The summed E-state index contributed by atoms with van der Waals surface area (Å²) >= 11 is 0. The molecule has 0 fully saturated rings. The van der Waals surface area contributed by atoms with Crippen molar-refractivity contribution in [3.05, 3.63) is 35.9 Å². The van der Waals surface area contributed by atoms with Crippen molar-refractivity contribution < 1.29 is 14.3 Å². The molecule has 14 heavy (non-hydrogen) atoms.